The summed E-state index contributed by atoms with van der Waals surface area (Å²) in [6, 6.07) is 14.2. The third-order valence-electron chi connectivity index (χ3n) is 3.79. The number of hydrogen-bond acceptors (Lipinski definition) is 4. The molecule has 7 nitrogen and oxygen atoms in total. The highest BCUT2D eigenvalue weighted by Gasteiger charge is 2.23. The van der Waals surface area contributed by atoms with Gasteiger partial charge in [0, 0.05) is 17.9 Å². The first-order valence-electron chi connectivity index (χ1n) is 7.88. The summed E-state index contributed by atoms with van der Waals surface area (Å²) in [6.07, 6.45) is -0.374. The number of amides is 3. The van der Waals surface area contributed by atoms with Gasteiger partial charge in [0.2, 0.25) is 0 Å². The SMILES string of the molecule is COc1ccc(CNC(=O)Nc2cccc(N3CCOC3=O)c2)cc1. The topological polar surface area (TPSA) is 79.9 Å². The van der Waals surface area contributed by atoms with Crippen LogP contribution >= 0.6 is 0 Å². The fourth-order valence-electron chi connectivity index (χ4n) is 2.48. The van der Waals surface area contributed by atoms with E-state index >= 15 is 0 Å². The van der Waals surface area contributed by atoms with E-state index < -0.39 is 0 Å². The van der Waals surface area contributed by atoms with Gasteiger partial charge in [0.1, 0.15) is 12.4 Å². The second-order valence-corrected chi connectivity index (χ2v) is 5.47. The molecule has 25 heavy (non-hydrogen) atoms. The molecular weight excluding hydrogens is 322 g/mol. The molecule has 0 aromatic heterocycles. The van der Waals surface area contributed by atoms with Gasteiger partial charge in [-0.2, -0.15) is 0 Å². The van der Waals surface area contributed by atoms with Crippen LogP contribution in [-0.4, -0.2) is 32.4 Å². The number of ether oxygens (including phenoxy) is 2. The maximum absolute atomic E-state index is 12.1. The number of methoxy groups -OCH3 is 1. The fourth-order valence-corrected chi connectivity index (χ4v) is 2.48. The summed E-state index contributed by atoms with van der Waals surface area (Å²) in [5, 5.41) is 5.55. The van der Waals surface area contributed by atoms with Crippen molar-refractivity contribution in [1.82, 2.24) is 5.32 Å². The first-order chi connectivity index (χ1) is 12.2. The first-order valence-corrected chi connectivity index (χ1v) is 7.88. The quantitative estimate of drug-likeness (QED) is 0.876. The molecule has 1 fully saturated rings. The molecule has 1 heterocycles. The van der Waals surface area contributed by atoms with E-state index in [1.165, 1.54) is 4.90 Å². The predicted octanol–water partition coefficient (Wildman–Crippen LogP) is 2.97. The van der Waals surface area contributed by atoms with Gasteiger partial charge < -0.3 is 20.1 Å². The lowest BCUT2D eigenvalue weighted by molar-refractivity contribution is 0.181. The molecule has 130 valence electrons. The minimum atomic E-state index is -0.374. The van der Waals surface area contributed by atoms with Gasteiger partial charge in [0.05, 0.1) is 13.7 Å². The van der Waals surface area contributed by atoms with E-state index in [4.69, 9.17) is 9.47 Å². The summed E-state index contributed by atoms with van der Waals surface area (Å²) in [4.78, 5) is 25.2. The number of urea groups is 1. The van der Waals surface area contributed by atoms with Crippen LogP contribution in [-0.2, 0) is 11.3 Å². The summed E-state index contributed by atoms with van der Waals surface area (Å²) in [5.74, 6) is 0.769. The molecule has 0 radical (unpaired) electrons. The maximum atomic E-state index is 12.1. The Balaban J connectivity index is 1.56. The molecule has 3 rings (SSSR count). The van der Waals surface area contributed by atoms with Crippen molar-refractivity contribution in [3.63, 3.8) is 0 Å². The summed E-state index contributed by atoms with van der Waals surface area (Å²) >= 11 is 0. The standard InChI is InChI=1S/C18H19N3O4/c1-24-16-7-5-13(6-8-16)12-19-17(22)20-14-3-2-4-15(11-14)21-9-10-25-18(21)23/h2-8,11H,9-10,12H2,1H3,(H2,19,20,22). The Kier molecular flexibility index (Phi) is 5.03. The molecule has 2 N–H and O–H groups in total. The second-order valence-electron chi connectivity index (χ2n) is 5.47. The molecule has 0 bridgehead atoms. The average molecular weight is 341 g/mol. The van der Waals surface area contributed by atoms with E-state index in [9.17, 15) is 9.59 Å². The van der Waals surface area contributed by atoms with Gasteiger partial charge in [-0.1, -0.05) is 18.2 Å². The van der Waals surface area contributed by atoms with Crippen LogP contribution in [0.5, 0.6) is 5.75 Å². The number of carbonyl (C=O) groups is 2. The number of carbonyl (C=O) groups excluding carboxylic acids is 2. The minimum Gasteiger partial charge on any atom is -0.497 e. The molecule has 7 heteroatoms. The van der Waals surface area contributed by atoms with Gasteiger partial charge >= 0.3 is 12.1 Å². The smallest absolute Gasteiger partial charge is 0.414 e. The van der Waals surface area contributed by atoms with E-state index in [1.807, 2.05) is 24.3 Å². The maximum Gasteiger partial charge on any atom is 0.414 e. The first kappa shape index (κ1) is 16.6. The van der Waals surface area contributed by atoms with Crippen molar-refractivity contribution in [3.8, 4) is 5.75 Å². The molecule has 2 aromatic rings. The van der Waals surface area contributed by atoms with Crippen molar-refractivity contribution in [3.05, 3.63) is 54.1 Å². The highest BCUT2D eigenvalue weighted by molar-refractivity contribution is 5.93. The molecular formula is C18H19N3O4. The summed E-state index contributed by atoms with van der Waals surface area (Å²) in [5.41, 5.74) is 2.25. The summed E-state index contributed by atoms with van der Waals surface area (Å²) in [7, 11) is 1.61. The molecule has 1 saturated heterocycles. The Labute approximate surface area is 145 Å². The Hall–Kier alpha value is -3.22. The number of nitrogens with one attached hydrogen (secondary N) is 2. The van der Waals surface area contributed by atoms with E-state index in [-0.39, 0.29) is 12.1 Å². The molecule has 1 aliphatic heterocycles. The van der Waals surface area contributed by atoms with Gasteiger partial charge in [0.15, 0.2) is 0 Å². The third-order valence-corrected chi connectivity index (χ3v) is 3.79. The number of anilines is 2. The van der Waals surface area contributed by atoms with Crippen molar-refractivity contribution in [2.45, 2.75) is 6.54 Å². The van der Waals surface area contributed by atoms with Crippen LogP contribution in [0.1, 0.15) is 5.56 Å². The number of hydrogen-bond donors (Lipinski definition) is 2. The number of nitrogens with zero attached hydrogens (tertiary/aromatic N) is 1. The van der Waals surface area contributed by atoms with Crippen LogP contribution in [0.4, 0.5) is 21.0 Å². The van der Waals surface area contributed by atoms with Crippen LogP contribution < -0.4 is 20.3 Å². The zero-order valence-electron chi connectivity index (χ0n) is 13.8. The number of cyclic esters (lactones) is 1. The summed E-state index contributed by atoms with van der Waals surface area (Å²) < 4.78 is 10.0. The molecule has 1 aliphatic rings. The highest BCUT2D eigenvalue weighted by atomic mass is 16.6. The zero-order valence-corrected chi connectivity index (χ0v) is 13.8. The molecule has 2 aromatic carbocycles. The molecule has 0 unspecified atom stereocenters. The zero-order chi connectivity index (χ0) is 17.6. The van der Waals surface area contributed by atoms with Crippen molar-refractivity contribution in [1.29, 1.82) is 0 Å². The molecule has 0 spiro atoms. The molecule has 0 aliphatic carbocycles. The lowest BCUT2D eigenvalue weighted by Gasteiger charge is -2.14. The van der Waals surface area contributed by atoms with Crippen LogP contribution in [0.3, 0.4) is 0 Å². The number of rotatable bonds is 5. The third kappa shape index (κ3) is 4.20. The van der Waals surface area contributed by atoms with Crippen LogP contribution in [0.2, 0.25) is 0 Å². The lowest BCUT2D eigenvalue weighted by Crippen LogP contribution is -2.28. The normalized spacial score (nSPS) is 13.3. The lowest BCUT2D eigenvalue weighted by atomic mass is 10.2. The van der Waals surface area contributed by atoms with E-state index in [2.05, 4.69) is 10.6 Å². The Morgan fingerprint density at radius 1 is 1.24 bits per heavy atom. The van der Waals surface area contributed by atoms with Crippen molar-refractivity contribution in [2.75, 3.05) is 30.5 Å². The minimum absolute atomic E-state index is 0.322. The molecule has 3 amide bonds. The van der Waals surface area contributed by atoms with Crippen LogP contribution in [0.25, 0.3) is 0 Å². The predicted molar refractivity (Wildman–Crippen MR) is 94.0 cm³/mol. The van der Waals surface area contributed by atoms with Crippen LogP contribution in [0.15, 0.2) is 48.5 Å². The Morgan fingerprint density at radius 3 is 2.72 bits per heavy atom. The number of benzene rings is 2. The van der Waals surface area contributed by atoms with Crippen molar-refractivity contribution >= 4 is 23.5 Å². The monoisotopic (exact) mass is 341 g/mol. The van der Waals surface area contributed by atoms with Crippen LogP contribution in [0, 0.1) is 0 Å². The Bertz CT molecular complexity index is 761. The van der Waals surface area contributed by atoms with E-state index in [0.29, 0.717) is 31.1 Å². The average Bonchev–Trinajstić information content (AvgIpc) is 3.06. The van der Waals surface area contributed by atoms with E-state index in [1.54, 1.807) is 31.4 Å². The largest absolute Gasteiger partial charge is 0.497 e. The fraction of sp³-hybridized carbons (Fsp3) is 0.222. The van der Waals surface area contributed by atoms with Gasteiger partial charge in [-0.15, -0.1) is 0 Å². The van der Waals surface area contributed by atoms with Gasteiger partial charge in [0.25, 0.3) is 0 Å². The van der Waals surface area contributed by atoms with E-state index in [0.717, 1.165) is 11.3 Å². The van der Waals surface area contributed by atoms with Crippen molar-refractivity contribution in [2.24, 2.45) is 0 Å². The highest BCUT2D eigenvalue weighted by Crippen LogP contribution is 2.22. The van der Waals surface area contributed by atoms with Gasteiger partial charge in [-0.25, -0.2) is 9.59 Å². The Morgan fingerprint density at radius 2 is 2.04 bits per heavy atom. The van der Waals surface area contributed by atoms with Gasteiger partial charge in [-0.3, -0.25) is 4.90 Å². The second kappa shape index (κ2) is 7.57. The summed E-state index contributed by atoms with van der Waals surface area (Å²) in [6.45, 7) is 1.28. The molecule has 0 atom stereocenters. The molecule has 0 saturated carbocycles. The van der Waals surface area contributed by atoms with Gasteiger partial charge in [-0.05, 0) is 35.9 Å². The van der Waals surface area contributed by atoms with Crippen molar-refractivity contribution < 1.29 is 19.1 Å².